The molecule has 1 aromatic rings. The number of nitrogens with two attached hydrogens (primary N) is 1. The molecule has 4 atom stereocenters. The van der Waals surface area contributed by atoms with E-state index >= 15 is 0 Å². The number of aromatic amines is 1. The minimum absolute atomic E-state index is 0.00320. The lowest BCUT2D eigenvalue weighted by atomic mass is 10.0. The number of aromatic nitrogens is 2. The molecule has 0 aliphatic heterocycles. The van der Waals surface area contributed by atoms with E-state index in [0.717, 1.165) is 0 Å². The van der Waals surface area contributed by atoms with Gasteiger partial charge in [-0.1, -0.05) is 13.8 Å². The summed E-state index contributed by atoms with van der Waals surface area (Å²) in [6, 6.07) is -4.17. The molecule has 4 unspecified atom stereocenters. The lowest BCUT2D eigenvalue weighted by molar-refractivity contribution is -0.142. The summed E-state index contributed by atoms with van der Waals surface area (Å²) in [5, 5.41) is 16.8. The van der Waals surface area contributed by atoms with Gasteiger partial charge in [-0.2, -0.15) is 25.3 Å². The molecule has 168 valence electrons. The summed E-state index contributed by atoms with van der Waals surface area (Å²) in [6.45, 7) is 3.39. The number of aliphatic carboxylic acids is 1. The van der Waals surface area contributed by atoms with Gasteiger partial charge in [0.05, 0.1) is 12.4 Å². The highest BCUT2D eigenvalue weighted by Gasteiger charge is 2.31. The molecule has 0 aliphatic carbocycles. The van der Waals surface area contributed by atoms with Gasteiger partial charge in [-0.25, -0.2) is 9.78 Å². The molecule has 0 fully saturated rings. The molecule has 30 heavy (non-hydrogen) atoms. The van der Waals surface area contributed by atoms with E-state index in [-0.39, 0.29) is 23.8 Å². The maximum Gasteiger partial charge on any atom is 0.326 e. The number of carboxylic acids is 1. The summed E-state index contributed by atoms with van der Waals surface area (Å²) in [4.78, 5) is 55.3. The number of H-pyrrole nitrogens is 1. The second-order valence-electron chi connectivity index (χ2n) is 6.94. The van der Waals surface area contributed by atoms with Crippen LogP contribution in [-0.2, 0) is 25.6 Å². The van der Waals surface area contributed by atoms with Gasteiger partial charge >= 0.3 is 5.97 Å². The lowest BCUT2D eigenvalue weighted by Crippen LogP contribution is -2.59. The number of nitrogens with zero attached hydrogens (tertiary/aromatic N) is 1. The van der Waals surface area contributed by atoms with Gasteiger partial charge in [-0.05, 0) is 5.92 Å². The molecule has 3 amide bonds. The Morgan fingerprint density at radius 2 is 1.70 bits per heavy atom. The molecule has 0 saturated carbocycles. The number of amides is 3. The Hall–Kier alpha value is -2.25. The van der Waals surface area contributed by atoms with Gasteiger partial charge in [-0.15, -0.1) is 0 Å². The smallest absolute Gasteiger partial charge is 0.326 e. The number of thiol groups is 2. The van der Waals surface area contributed by atoms with Crippen LogP contribution in [0.5, 0.6) is 0 Å². The third-order valence-electron chi connectivity index (χ3n) is 4.19. The number of imidazole rings is 1. The molecule has 0 aliphatic rings. The Balaban J connectivity index is 2.83. The maximum atomic E-state index is 12.7. The molecule has 13 heteroatoms. The van der Waals surface area contributed by atoms with E-state index in [4.69, 9.17) is 5.73 Å². The molecule has 1 heterocycles. The van der Waals surface area contributed by atoms with Gasteiger partial charge in [0.15, 0.2) is 0 Å². The molecule has 7 N–H and O–H groups in total. The number of carboxylic acid groups (broad SMARTS) is 1. The van der Waals surface area contributed by atoms with Crippen molar-refractivity contribution in [2.45, 2.75) is 44.4 Å². The normalized spacial score (nSPS) is 15.0. The van der Waals surface area contributed by atoms with Gasteiger partial charge in [0.25, 0.3) is 0 Å². The molecular formula is C17H28N6O5S2. The highest BCUT2D eigenvalue weighted by atomic mass is 32.1. The number of nitrogens with one attached hydrogen (secondary N) is 4. The number of hydrogen-bond acceptors (Lipinski definition) is 8. The number of hydrogen-bond donors (Lipinski definition) is 8. The average molecular weight is 461 g/mol. The van der Waals surface area contributed by atoms with Crippen molar-refractivity contribution in [2.75, 3.05) is 11.5 Å². The Kier molecular flexibility index (Phi) is 10.7. The first-order valence-electron chi connectivity index (χ1n) is 9.19. The Bertz CT molecular complexity index is 730. The largest absolute Gasteiger partial charge is 0.480 e. The van der Waals surface area contributed by atoms with Crippen LogP contribution in [-0.4, -0.2) is 74.4 Å². The second-order valence-corrected chi connectivity index (χ2v) is 7.67. The summed E-state index contributed by atoms with van der Waals surface area (Å²) < 4.78 is 0. The van der Waals surface area contributed by atoms with Crippen molar-refractivity contribution in [3.05, 3.63) is 18.2 Å². The number of carbonyl (C=O) groups is 4. The molecule has 0 radical (unpaired) electrons. The predicted molar refractivity (Wildman–Crippen MR) is 116 cm³/mol. The highest BCUT2D eigenvalue weighted by molar-refractivity contribution is 7.80. The monoisotopic (exact) mass is 460 g/mol. The zero-order valence-electron chi connectivity index (χ0n) is 16.7. The van der Waals surface area contributed by atoms with E-state index < -0.39 is 47.9 Å². The minimum atomic E-state index is -1.23. The Morgan fingerprint density at radius 1 is 1.07 bits per heavy atom. The van der Waals surface area contributed by atoms with Crippen LogP contribution in [0.4, 0.5) is 0 Å². The van der Waals surface area contributed by atoms with Crippen molar-refractivity contribution in [3.63, 3.8) is 0 Å². The van der Waals surface area contributed by atoms with Crippen LogP contribution >= 0.6 is 25.3 Å². The lowest BCUT2D eigenvalue weighted by Gasteiger charge is -2.26. The minimum Gasteiger partial charge on any atom is -0.480 e. The topological polar surface area (TPSA) is 179 Å². The van der Waals surface area contributed by atoms with Crippen molar-refractivity contribution in [1.82, 2.24) is 25.9 Å². The van der Waals surface area contributed by atoms with E-state index in [1.165, 1.54) is 12.5 Å². The van der Waals surface area contributed by atoms with Crippen LogP contribution in [0, 0.1) is 5.92 Å². The molecule has 0 aromatic carbocycles. The van der Waals surface area contributed by atoms with Crippen molar-refractivity contribution in [2.24, 2.45) is 11.7 Å². The van der Waals surface area contributed by atoms with Gasteiger partial charge in [0.1, 0.15) is 18.1 Å². The fourth-order valence-corrected chi connectivity index (χ4v) is 2.85. The van der Waals surface area contributed by atoms with Gasteiger partial charge in [0.2, 0.25) is 17.7 Å². The number of carbonyl (C=O) groups excluding carboxylic acids is 3. The molecule has 0 spiro atoms. The summed E-state index contributed by atoms with van der Waals surface area (Å²) in [7, 11) is 0. The molecule has 0 saturated heterocycles. The molecule has 1 rings (SSSR count). The Morgan fingerprint density at radius 3 is 2.17 bits per heavy atom. The fourth-order valence-electron chi connectivity index (χ4n) is 2.42. The predicted octanol–water partition coefficient (Wildman–Crippen LogP) is -1.67. The van der Waals surface area contributed by atoms with E-state index in [1.54, 1.807) is 13.8 Å². The second kappa shape index (κ2) is 12.4. The van der Waals surface area contributed by atoms with Gasteiger partial charge in [0, 0.05) is 29.8 Å². The van der Waals surface area contributed by atoms with Crippen molar-refractivity contribution in [3.8, 4) is 0 Å². The summed E-state index contributed by atoms with van der Waals surface area (Å²) in [5.74, 6) is -3.40. The first-order valence-corrected chi connectivity index (χ1v) is 10.5. The van der Waals surface area contributed by atoms with Crippen LogP contribution in [0.3, 0.4) is 0 Å². The molecular weight excluding hydrogens is 432 g/mol. The Labute approximate surface area is 185 Å². The van der Waals surface area contributed by atoms with Crippen LogP contribution in [0.2, 0.25) is 0 Å². The summed E-state index contributed by atoms with van der Waals surface area (Å²) in [5.41, 5.74) is 6.12. The molecule has 11 nitrogen and oxygen atoms in total. The van der Waals surface area contributed by atoms with Gasteiger partial charge < -0.3 is 31.8 Å². The van der Waals surface area contributed by atoms with Gasteiger partial charge in [-0.3, -0.25) is 14.4 Å². The third kappa shape index (κ3) is 7.88. The van der Waals surface area contributed by atoms with Crippen molar-refractivity contribution < 1.29 is 24.3 Å². The van der Waals surface area contributed by atoms with Crippen LogP contribution in [0.15, 0.2) is 12.5 Å². The van der Waals surface area contributed by atoms with Crippen LogP contribution in [0.25, 0.3) is 0 Å². The quantitative estimate of drug-likeness (QED) is 0.172. The van der Waals surface area contributed by atoms with Crippen molar-refractivity contribution >= 4 is 48.9 Å². The molecule has 0 bridgehead atoms. The maximum absolute atomic E-state index is 12.7. The zero-order chi connectivity index (χ0) is 22.8. The highest BCUT2D eigenvalue weighted by Crippen LogP contribution is 2.06. The van der Waals surface area contributed by atoms with Crippen molar-refractivity contribution in [1.29, 1.82) is 0 Å². The van der Waals surface area contributed by atoms with E-state index in [9.17, 15) is 24.3 Å². The summed E-state index contributed by atoms with van der Waals surface area (Å²) in [6.07, 6.45) is 2.86. The zero-order valence-corrected chi connectivity index (χ0v) is 18.5. The van der Waals surface area contributed by atoms with E-state index in [1.807, 2.05) is 0 Å². The fraction of sp³-hybridized carbons (Fsp3) is 0.588. The summed E-state index contributed by atoms with van der Waals surface area (Å²) >= 11 is 8.00. The standard InChI is InChI=1S/C17H28N6O5S2/c1-8(2)13(23-15(25)12(6-30)22-14(24)10(18)5-29)16(26)21-11(17(27)28)3-9-4-19-7-20-9/h4,7-8,10-13,29-30H,3,5-6,18H2,1-2H3,(H,19,20)(H,21,26)(H,22,24)(H,23,25)(H,27,28). The average Bonchev–Trinajstić information content (AvgIpc) is 3.21. The first-order chi connectivity index (χ1) is 14.1. The third-order valence-corrected chi connectivity index (χ3v) is 4.95. The van der Waals surface area contributed by atoms with E-state index in [2.05, 4.69) is 51.2 Å². The number of rotatable bonds is 12. The van der Waals surface area contributed by atoms with Crippen LogP contribution < -0.4 is 21.7 Å². The van der Waals surface area contributed by atoms with Crippen LogP contribution in [0.1, 0.15) is 19.5 Å². The SMILES string of the molecule is CC(C)C(NC(=O)C(CS)NC(=O)C(N)CS)C(=O)NC(Cc1cnc[nH]1)C(=O)O. The molecule has 1 aromatic heterocycles. The first kappa shape index (κ1) is 25.8. The van der Waals surface area contributed by atoms with E-state index in [0.29, 0.717) is 5.69 Å².